The number of ether oxygens (including phenoxy) is 2. The normalized spacial score (nSPS) is 9.97. The van der Waals surface area contributed by atoms with Gasteiger partial charge in [-0.2, -0.15) is 0 Å². The molecule has 0 saturated heterocycles. The SMILES string of the molecule is CCCCNc1ccc(C(=O)OCC)c(N(CC)CC)c1.CCOC(=O)c1ccc(N)cc1. The number of carbonyl (C=O) groups is 2. The Morgan fingerprint density at radius 2 is 1.48 bits per heavy atom. The van der Waals surface area contributed by atoms with Crippen molar-refractivity contribution in [3.8, 4) is 0 Å². The molecule has 0 aromatic heterocycles. The van der Waals surface area contributed by atoms with E-state index in [4.69, 9.17) is 15.2 Å². The van der Waals surface area contributed by atoms with Crippen LogP contribution in [0.3, 0.4) is 0 Å². The lowest BCUT2D eigenvalue weighted by molar-refractivity contribution is 0.0517. The van der Waals surface area contributed by atoms with Crippen LogP contribution in [0, 0.1) is 0 Å². The fraction of sp³-hybridized carbons (Fsp3) is 0.462. The van der Waals surface area contributed by atoms with Gasteiger partial charge < -0.3 is 25.4 Å². The molecule has 7 nitrogen and oxygen atoms in total. The van der Waals surface area contributed by atoms with Crippen molar-refractivity contribution in [1.29, 1.82) is 0 Å². The molecule has 3 N–H and O–H groups in total. The molecule has 0 aliphatic heterocycles. The highest BCUT2D eigenvalue weighted by Crippen LogP contribution is 2.26. The van der Waals surface area contributed by atoms with Crippen molar-refractivity contribution in [2.24, 2.45) is 0 Å². The summed E-state index contributed by atoms with van der Waals surface area (Å²) in [6.45, 7) is 13.4. The van der Waals surface area contributed by atoms with Crippen LogP contribution in [0.1, 0.15) is 68.2 Å². The molecule has 0 amide bonds. The lowest BCUT2D eigenvalue weighted by atomic mass is 10.1. The van der Waals surface area contributed by atoms with Crippen LogP contribution in [-0.2, 0) is 9.47 Å². The Kier molecular flexibility index (Phi) is 13.1. The smallest absolute Gasteiger partial charge is 0.340 e. The minimum atomic E-state index is -0.308. The van der Waals surface area contributed by atoms with Crippen LogP contribution in [0.5, 0.6) is 0 Å². The van der Waals surface area contributed by atoms with Crippen LogP contribution in [0.2, 0.25) is 0 Å². The molecule has 0 radical (unpaired) electrons. The number of nitrogen functional groups attached to an aromatic ring is 1. The second kappa shape index (κ2) is 15.6. The van der Waals surface area contributed by atoms with Crippen molar-refractivity contribution in [1.82, 2.24) is 0 Å². The largest absolute Gasteiger partial charge is 0.462 e. The summed E-state index contributed by atoms with van der Waals surface area (Å²) in [5.41, 5.74) is 9.26. The lowest BCUT2D eigenvalue weighted by Crippen LogP contribution is -2.25. The summed E-state index contributed by atoms with van der Waals surface area (Å²) in [7, 11) is 0. The van der Waals surface area contributed by atoms with Gasteiger partial charge in [0.05, 0.1) is 30.0 Å². The van der Waals surface area contributed by atoms with E-state index < -0.39 is 0 Å². The van der Waals surface area contributed by atoms with E-state index in [1.54, 1.807) is 31.2 Å². The lowest BCUT2D eigenvalue weighted by Gasteiger charge is -2.24. The van der Waals surface area contributed by atoms with Crippen LogP contribution in [0.15, 0.2) is 42.5 Å². The molecule has 0 unspecified atom stereocenters. The highest BCUT2D eigenvalue weighted by atomic mass is 16.5. The first-order valence-electron chi connectivity index (χ1n) is 11.7. The predicted molar refractivity (Wildman–Crippen MR) is 136 cm³/mol. The average molecular weight is 458 g/mol. The number of anilines is 3. The topological polar surface area (TPSA) is 93.9 Å². The van der Waals surface area contributed by atoms with Crippen molar-refractivity contribution in [2.45, 2.75) is 47.5 Å². The van der Waals surface area contributed by atoms with Crippen molar-refractivity contribution >= 4 is 29.0 Å². The van der Waals surface area contributed by atoms with Gasteiger partial charge in [0.2, 0.25) is 0 Å². The molecule has 0 spiro atoms. The summed E-state index contributed by atoms with van der Waals surface area (Å²) < 4.78 is 9.95. The van der Waals surface area contributed by atoms with E-state index in [0.29, 0.717) is 30.0 Å². The van der Waals surface area contributed by atoms with E-state index in [1.165, 1.54) is 0 Å². The molecule has 2 aromatic rings. The standard InChI is InChI=1S/C17H28N2O2.C9H11NO2/c1-5-9-12-18-14-10-11-15(17(20)21-8-4)16(13-14)19(6-2)7-3;1-2-12-9(11)7-3-5-8(10)6-4-7/h10-11,13,18H,5-9,12H2,1-4H3;3-6H,2,10H2,1H3. The Hall–Kier alpha value is -3.22. The third-order valence-corrected chi connectivity index (χ3v) is 4.88. The number of unbranched alkanes of at least 4 members (excludes halogenated alkanes) is 1. The number of esters is 2. The van der Waals surface area contributed by atoms with Gasteiger partial charge in [0.1, 0.15) is 0 Å². The van der Waals surface area contributed by atoms with E-state index in [1.807, 2.05) is 19.1 Å². The Morgan fingerprint density at radius 1 is 0.879 bits per heavy atom. The van der Waals surface area contributed by atoms with Crippen LogP contribution < -0.4 is 16.0 Å². The van der Waals surface area contributed by atoms with Gasteiger partial charge in [0.25, 0.3) is 0 Å². The molecular weight excluding hydrogens is 418 g/mol. The molecule has 0 heterocycles. The quantitative estimate of drug-likeness (QED) is 0.266. The zero-order valence-corrected chi connectivity index (χ0v) is 20.6. The van der Waals surface area contributed by atoms with E-state index in [0.717, 1.165) is 43.9 Å². The minimum Gasteiger partial charge on any atom is -0.462 e. The maximum atomic E-state index is 12.1. The molecule has 2 aromatic carbocycles. The van der Waals surface area contributed by atoms with E-state index in [9.17, 15) is 9.59 Å². The van der Waals surface area contributed by atoms with Crippen molar-refractivity contribution in [3.63, 3.8) is 0 Å². The van der Waals surface area contributed by atoms with Crippen molar-refractivity contribution in [2.75, 3.05) is 48.8 Å². The summed E-state index contributed by atoms with van der Waals surface area (Å²) in [6, 6.07) is 12.5. The maximum absolute atomic E-state index is 12.1. The Morgan fingerprint density at radius 3 is 2.03 bits per heavy atom. The molecule has 0 saturated carbocycles. The van der Waals surface area contributed by atoms with Crippen LogP contribution in [0.4, 0.5) is 17.1 Å². The van der Waals surface area contributed by atoms with Gasteiger partial charge >= 0.3 is 11.9 Å². The molecule has 33 heavy (non-hydrogen) atoms. The second-order valence-corrected chi connectivity index (χ2v) is 7.25. The number of nitrogens with two attached hydrogens (primary N) is 1. The number of hydrogen-bond donors (Lipinski definition) is 2. The van der Waals surface area contributed by atoms with Gasteiger partial charge in [0, 0.05) is 31.0 Å². The summed E-state index contributed by atoms with van der Waals surface area (Å²) >= 11 is 0. The van der Waals surface area contributed by atoms with Crippen LogP contribution in [-0.4, -0.2) is 44.8 Å². The van der Waals surface area contributed by atoms with E-state index >= 15 is 0 Å². The second-order valence-electron chi connectivity index (χ2n) is 7.25. The van der Waals surface area contributed by atoms with Crippen molar-refractivity contribution in [3.05, 3.63) is 53.6 Å². The Balaban J connectivity index is 0.000000383. The van der Waals surface area contributed by atoms with E-state index in [-0.39, 0.29) is 11.9 Å². The Labute approximate surface area is 198 Å². The maximum Gasteiger partial charge on any atom is 0.340 e. The number of hydrogen-bond acceptors (Lipinski definition) is 7. The highest BCUT2D eigenvalue weighted by molar-refractivity contribution is 5.96. The van der Waals surface area contributed by atoms with Crippen molar-refractivity contribution < 1.29 is 19.1 Å². The number of nitrogens with one attached hydrogen (secondary N) is 1. The first kappa shape index (κ1) is 27.8. The predicted octanol–water partition coefficient (Wildman–Crippen LogP) is 5.37. The third-order valence-electron chi connectivity index (χ3n) is 4.88. The fourth-order valence-corrected chi connectivity index (χ4v) is 3.09. The van der Waals surface area contributed by atoms with Gasteiger partial charge in [-0.25, -0.2) is 9.59 Å². The van der Waals surface area contributed by atoms with Gasteiger partial charge in [-0.3, -0.25) is 0 Å². The number of carbonyl (C=O) groups excluding carboxylic acids is 2. The van der Waals surface area contributed by atoms with E-state index in [2.05, 4.69) is 37.1 Å². The number of benzene rings is 2. The van der Waals surface area contributed by atoms with Gasteiger partial charge in [-0.05, 0) is 76.6 Å². The number of nitrogens with zero attached hydrogens (tertiary/aromatic N) is 1. The average Bonchev–Trinajstić information content (AvgIpc) is 2.81. The van der Waals surface area contributed by atoms with Crippen LogP contribution in [0.25, 0.3) is 0 Å². The summed E-state index contributed by atoms with van der Waals surface area (Å²) in [5.74, 6) is -0.558. The molecule has 0 aliphatic rings. The molecule has 0 bridgehead atoms. The third kappa shape index (κ3) is 9.43. The summed E-state index contributed by atoms with van der Waals surface area (Å²) in [5, 5.41) is 3.41. The molecule has 2 rings (SSSR count). The molecule has 182 valence electrons. The molecule has 0 aliphatic carbocycles. The first-order valence-corrected chi connectivity index (χ1v) is 11.7. The summed E-state index contributed by atoms with van der Waals surface area (Å²) in [4.78, 5) is 25.4. The zero-order valence-electron chi connectivity index (χ0n) is 20.6. The first-order chi connectivity index (χ1) is 15.9. The monoisotopic (exact) mass is 457 g/mol. The summed E-state index contributed by atoms with van der Waals surface area (Å²) in [6.07, 6.45) is 2.30. The zero-order chi connectivity index (χ0) is 24.6. The molecular formula is C26H39N3O4. The highest BCUT2D eigenvalue weighted by Gasteiger charge is 2.16. The van der Waals surface area contributed by atoms with Gasteiger partial charge in [0.15, 0.2) is 0 Å². The van der Waals surface area contributed by atoms with Gasteiger partial charge in [-0.15, -0.1) is 0 Å². The fourth-order valence-electron chi connectivity index (χ4n) is 3.09. The molecule has 0 fully saturated rings. The molecule has 0 atom stereocenters. The van der Waals surface area contributed by atoms with Gasteiger partial charge in [-0.1, -0.05) is 13.3 Å². The molecule has 7 heteroatoms. The minimum absolute atomic E-state index is 0.250. The number of rotatable bonds is 11. The van der Waals surface area contributed by atoms with Crippen LogP contribution >= 0.6 is 0 Å². The Bertz CT molecular complexity index is 849.